The van der Waals surface area contributed by atoms with Crippen LogP contribution in [0, 0.1) is 5.82 Å². The third kappa shape index (κ3) is 5.06. The van der Waals surface area contributed by atoms with E-state index in [-0.39, 0.29) is 18.0 Å². The lowest BCUT2D eigenvalue weighted by molar-refractivity contribution is -0.0817. The first-order chi connectivity index (χ1) is 14.7. The van der Waals surface area contributed by atoms with E-state index in [1.165, 1.54) is 12.1 Å². The van der Waals surface area contributed by atoms with E-state index < -0.39 is 0 Å². The van der Waals surface area contributed by atoms with Gasteiger partial charge < -0.3 is 24.4 Å². The monoisotopic (exact) mass is 414 g/mol. The Kier molecular flexibility index (Phi) is 6.76. The molecule has 0 spiro atoms. The summed E-state index contributed by atoms with van der Waals surface area (Å²) >= 11 is 0. The lowest BCUT2D eigenvalue weighted by atomic mass is 10.1. The Bertz CT molecular complexity index is 873. The first-order valence-electron chi connectivity index (χ1n) is 10.3. The summed E-state index contributed by atoms with van der Waals surface area (Å²) in [4.78, 5) is 10.9. The van der Waals surface area contributed by atoms with Gasteiger partial charge in [-0.3, -0.25) is 4.99 Å². The van der Waals surface area contributed by atoms with Crippen LogP contribution in [0.25, 0.3) is 0 Å². The normalized spacial score (nSPS) is 22.2. The molecule has 2 fully saturated rings. The lowest BCUT2D eigenvalue weighted by Crippen LogP contribution is -2.53. The van der Waals surface area contributed by atoms with Crippen LogP contribution in [0.3, 0.4) is 0 Å². The molecule has 2 aliphatic heterocycles. The van der Waals surface area contributed by atoms with Crippen molar-refractivity contribution < 1.29 is 18.6 Å². The highest BCUT2D eigenvalue weighted by molar-refractivity contribution is 5.80. The van der Waals surface area contributed by atoms with Crippen molar-refractivity contribution in [3.63, 3.8) is 0 Å². The van der Waals surface area contributed by atoms with Crippen molar-refractivity contribution in [2.24, 2.45) is 4.99 Å². The zero-order valence-electron chi connectivity index (χ0n) is 17.1. The Labute approximate surface area is 175 Å². The van der Waals surface area contributed by atoms with Crippen molar-refractivity contribution in [1.82, 2.24) is 15.2 Å². The molecule has 2 aromatic rings. The first-order valence-corrected chi connectivity index (χ1v) is 10.3. The van der Waals surface area contributed by atoms with E-state index in [1.807, 2.05) is 12.1 Å². The highest BCUT2D eigenvalue weighted by atomic mass is 19.1. The molecule has 0 bridgehead atoms. The van der Waals surface area contributed by atoms with Crippen LogP contribution in [-0.4, -0.2) is 61.4 Å². The highest BCUT2D eigenvalue weighted by Crippen LogP contribution is 2.24. The molecule has 0 saturated carbocycles. The Morgan fingerprint density at radius 2 is 2.17 bits per heavy atom. The summed E-state index contributed by atoms with van der Waals surface area (Å²) in [6.07, 6.45) is 4.01. The molecule has 3 heterocycles. The van der Waals surface area contributed by atoms with Crippen molar-refractivity contribution >= 4 is 5.96 Å². The van der Waals surface area contributed by atoms with Crippen molar-refractivity contribution in [2.45, 2.75) is 31.6 Å². The second-order valence-corrected chi connectivity index (χ2v) is 7.33. The Morgan fingerprint density at radius 3 is 2.97 bits per heavy atom. The van der Waals surface area contributed by atoms with Crippen LogP contribution in [0.5, 0.6) is 11.6 Å². The fraction of sp³-hybridized carbons (Fsp3) is 0.455. The molecule has 4 rings (SSSR count). The summed E-state index contributed by atoms with van der Waals surface area (Å²) < 4.78 is 31.0. The number of nitrogens with zero attached hydrogens (tertiary/aromatic N) is 3. The van der Waals surface area contributed by atoms with Crippen molar-refractivity contribution in [3.05, 3.63) is 54.0 Å². The fourth-order valence-electron chi connectivity index (χ4n) is 3.79. The first kappa shape index (κ1) is 20.6. The van der Waals surface area contributed by atoms with E-state index >= 15 is 0 Å². The molecule has 0 radical (unpaired) electrons. The molecule has 1 aromatic heterocycles. The number of rotatable bonds is 5. The summed E-state index contributed by atoms with van der Waals surface area (Å²) in [6.45, 7) is 3.44. The third-order valence-corrected chi connectivity index (χ3v) is 5.28. The molecule has 0 amide bonds. The summed E-state index contributed by atoms with van der Waals surface area (Å²) in [5.74, 6) is 1.29. The number of morpholine rings is 1. The van der Waals surface area contributed by atoms with Gasteiger partial charge >= 0.3 is 0 Å². The Hall–Kier alpha value is -2.71. The van der Waals surface area contributed by atoms with E-state index in [4.69, 9.17) is 14.2 Å². The van der Waals surface area contributed by atoms with Gasteiger partial charge in [-0.1, -0.05) is 12.1 Å². The van der Waals surface area contributed by atoms with E-state index in [0.717, 1.165) is 44.1 Å². The Balaban J connectivity index is 1.39. The van der Waals surface area contributed by atoms with Crippen LogP contribution in [-0.2, 0) is 16.0 Å². The predicted octanol–water partition coefficient (Wildman–Crippen LogP) is 2.97. The molecule has 2 saturated heterocycles. The molecule has 7 nitrogen and oxygen atoms in total. The van der Waals surface area contributed by atoms with E-state index in [9.17, 15) is 4.39 Å². The smallest absolute Gasteiger partial charge is 0.224 e. The Morgan fingerprint density at radius 1 is 1.27 bits per heavy atom. The second kappa shape index (κ2) is 9.86. The van der Waals surface area contributed by atoms with E-state index in [2.05, 4.69) is 20.2 Å². The van der Waals surface area contributed by atoms with Crippen LogP contribution in [0.1, 0.15) is 18.4 Å². The largest absolute Gasteiger partial charge is 0.439 e. The third-order valence-electron chi connectivity index (χ3n) is 5.28. The van der Waals surface area contributed by atoms with Crippen molar-refractivity contribution in [3.8, 4) is 11.6 Å². The van der Waals surface area contributed by atoms with Gasteiger partial charge in [0.1, 0.15) is 17.7 Å². The average molecular weight is 414 g/mol. The minimum Gasteiger partial charge on any atom is -0.439 e. The van der Waals surface area contributed by atoms with Gasteiger partial charge in [-0.25, -0.2) is 9.37 Å². The van der Waals surface area contributed by atoms with E-state index in [1.54, 1.807) is 25.4 Å². The molecular formula is C22H27FN4O3. The quantitative estimate of drug-likeness (QED) is 0.599. The van der Waals surface area contributed by atoms with Gasteiger partial charge in [0.2, 0.25) is 5.88 Å². The second-order valence-electron chi connectivity index (χ2n) is 7.33. The zero-order valence-corrected chi connectivity index (χ0v) is 17.1. The summed E-state index contributed by atoms with van der Waals surface area (Å²) in [5, 5.41) is 3.39. The molecule has 30 heavy (non-hydrogen) atoms. The van der Waals surface area contributed by atoms with Crippen LogP contribution in [0.4, 0.5) is 4.39 Å². The number of benzene rings is 1. The van der Waals surface area contributed by atoms with Gasteiger partial charge in [0, 0.05) is 51.1 Å². The minimum absolute atomic E-state index is 0.0602. The lowest BCUT2D eigenvalue weighted by Gasteiger charge is -2.37. The van der Waals surface area contributed by atoms with Gasteiger partial charge in [0.05, 0.1) is 12.7 Å². The number of halogens is 1. The van der Waals surface area contributed by atoms with Gasteiger partial charge in [-0.05, 0) is 31.0 Å². The fourth-order valence-corrected chi connectivity index (χ4v) is 3.79. The van der Waals surface area contributed by atoms with Crippen molar-refractivity contribution in [2.75, 3.05) is 33.4 Å². The molecular weight excluding hydrogens is 387 g/mol. The van der Waals surface area contributed by atoms with Crippen LogP contribution in [0.2, 0.25) is 0 Å². The molecule has 2 unspecified atom stereocenters. The number of nitrogens with one attached hydrogen (secondary N) is 1. The maximum Gasteiger partial charge on any atom is 0.224 e. The number of hydrogen-bond donors (Lipinski definition) is 1. The maximum absolute atomic E-state index is 13.5. The number of ether oxygens (including phenoxy) is 3. The van der Waals surface area contributed by atoms with Crippen LogP contribution in [0.15, 0.2) is 47.6 Å². The number of guanidine groups is 1. The average Bonchev–Trinajstić information content (AvgIpc) is 3.31. The SMILES string of the molecule is CN=C(NCc1cccnc1Oc1cccc(F)c1)N1CCOC(C2CCCO2)C1. The van der Waals surface area contributed by atoms with Gasteiger partial charge in [0.25, 0.3) is 0 Å². The van der Waals surface area contributed by atoms with Crippen LogP contribution >= 0.6 is 0 Å². The minimum atomic E-state index is -0.350. The van der Waals surface area contributed by atoms with Crippen LogP contribution < -0.4 is 10.1 Å². The van der Waals surface area contributed by atoms with Gasteiger partial charge in [0.15, 0.2) is 5.96 Å². The molecule has 2 atom stereocenters. The molecule has 8 heteroatoms. The molecule has 2 aliphatic rings. The highest BCUT2D eigenvalue weighted by Gasteiger charge is 2.32. The number of aliphatic imine (C=N–C) groups is 1. The zero-order chi connectivity index (χ0) is 20.8. The van der Waals surface area contributed by atoms with Gasteiger partial charge in [-0.2, -0.15) is 0 Å². The topological polar surface area (TPSA) is 68.2 Å². The standard InChI is InChI=1S/C22H27FN4O3/c1-24-22(27-10-12-29-20(15-27)19-8-4-11-28-19)26-14-16-5-3-9-25-21(16)30-18-7-2-6-17(23)13-18/h2-3,5-7,9,13,19-20H,4,8,10-12,14-15H2,1H3,(H,24,26). The van der Waals surface area contributed by atoms with Gasteiger partial charge in [-0.15, -0.1) is 0 Å². The molecule has 1 aromatic carbocycles. The predicted molar refractivity (Wildman–Crippen MR) is 111 cm³/mol. The number of aromatic nitrogens is 1. The molecule has 160 valence electrons. The molecule has 1 N–H and O–H groups in total. The summed E-state index contributed by atoms with van der Waals surface area (Å²) in [5.41, 5.74) is 0.854. The number of hydrogen-bond acceptors (Lipinski definition) is 5. The van der Waals surface area contributed by atoms with Crippen molar-refractivity contribution in [1.29, 1.82) is 0 Å². The summed E-state index contributed by atoms with van der Waals surface area (Å²) in [7, 11) is 1.77. The maximum atomic E-state index is 13.5. The molecule has 0 aliphatic carbocycles. The van der Waals surface area contributed by atoms with E-state index in [0.29, 0.717) is 24.8 Å². The number of pyridine rings is 1. The summed E-state index contributed by atoms with van der Waals surface area (Å²) in [6, 6.07) is 9.80.